The van der Waals surface area contributed by atoms with Gasteiger partial charge in [0.2, 0.25) is 0 Å². The molecule has 2 aliphatic rings. The van der Waals surface area contributed by atoms with Gasteiger partial charge in [0.05, 0.1) is 0 Å². The molecular weight excluding hydrogens is 662 g/mol. The second-order valence-corrected chi connectivity index (χ2v) is 12.8. The first-order valence-electron chi connectivity index (χ1n) is 17.0. The number of nitrogens with one attached hydrogen (secondary N) is 2. The van der Waals surface area contributed by atoms with Gasteiger partial charge in [-0.1, -0.05) is 84.9 Å². The fraction of sp³-hybridized carbons (Fsp3) is 0.333. The van der Waals surface area contributed by atoms with E-state index in [2.05, 4.69) is 93.2 Å². The number of aliphatic carboxylic acids is 1. The Hall–Kier alpha value is -4.78. The Balaban J connectivity index is 0.000000654. The molecule has 2 fully saturated rings. The number of carboxylic acids is 1. The minimum absolute atomic E-state index is 0.0958. The van der Waals surface area contributed by atoms with Crippen molar-refractivity contribution >= 4 is 17.7 Å². The third-order valence-electron chi connectivity index (χ3n) is 9.04. The largest absolute Gasteiger partial charge is 0.490 e. The summed E-state index contributed by atoms with van der Waals surface area (Å²) in [7, 11) is 0. The van der Waals surface area contributed by atoms with Gasteiger partial charge >= 0.3 is 18.2 Å². The molecule has 51 heavy (non-hydrogen) atoms. The van der Waals surface area contributed by atoms with Crippen LogP contribution in [0.25, 0.3) is 11.1 Å². The summed E-state index contributed by atoms with van der Waals surface area (Å²) < 4.78 is 45.6. The van der Waals surface area contributed by atoms with Crippen LogP contribution in [0.4, 0.5) is 28.0 Å². The van der Waals surface area contributed by atoms with E-state index in [0.29, 0.717) is 12.2 Å². The predicted molar refractivity (Wildman–Crippen MR) is 189 cm³/mol. The molecule has 4 aromatic rings. The highest BCUT2D eigenvalue weighted by Gasteiger charge is 2.38. The monoisotopic (exact) mass is 705 g/mol. The summed E-state index contributed by atoms with van der Waals surface area (Å²) in [6, 6.07) is 33.9. The molecule has 3 N–H and O–H groups in total. The van der Waals surface area contributed by atoms with E-state index < -0.39 is 12.1 Å². The summed E-state index contributed by atoms with van der Waals surface area (Å²) in [6.07, 6.45) is -3.30. The number of carbonyl (C=O) groups is 2. The maximum absolute atomic E-state index is 13.9. The average Bonchev–Trinajstić information content (AvgIpc) is 3.12. The van der Waals surface area contributed by atoms with Gasteiger partial charge < -0.3 is 20.6 Å². The Bertz CT molecular complexity index is 1690. The number of piperidine rings is 1. The third-order valence-corrected chi connectivity index (χ3v) is 9.04. The van der Waals surface area contributed by atoms with E-state index in [-0.39, 0.29) is 17.9 Å². The molecule has 0 saturated carbocycles. The number of urea groups is 1. The molecule has 0 atom stereocenters. The molecule has 2 aliphatic heterocycles. The van der Waals surface area contributed by atoms with Gasteiger partial charge in [-0.3, -0.25) is 9.80 Å². The second kappa shape index (κ2) is 17.9. The van der Waals surface area contributed by atoms with Crippen molar-refractivity contribution in [3.8, 4) is 11.1 Å². The first-order chi connectivity index (χ1) is 24.5. The van der Waals surface area contributed by atoms with Crippen molar-refractivity contribution < 1.29 is 32.3 Å². The lowest BCUT2D eigenvalue weighted by molar-refractivity contribution is -0.192. The molecule has 270 valence electrons. The van der Waals surface area contributed by atoms with Gasteiger partial charge in [-0.2, -0.15) is 13.2 Å². The van der Waals surface area contributed by atoms with Crippen LogP contribution in [0.5, 0.6) is 0 Å². The number of benzene rings is 4. The standard InChI is InChI=1S/C37H42FN5O.C2HF3O2/c38-34-7-4-8-35(25-34)40-37(44)43(36-17-21-41(22-18-36)26-29-5-2-1-3-6-29)28-31-11-15-33(16-12-31)32-13-9-30(10-14-32)27-42-23-19-39-20-24-42;3-2(4,5)1(6)7/h1-16,25,36,39H,17-24,26-28H2,(H,40,44);(H,6,7). The average molecular weight is 706 g/mol. The summed E-state index contributed by atoms with van der Waals surface area (Å²) in [5.74, 6) is -3.12. The lowest BCUT2D eigenvalue weighted by Crippen LogP contribution is -2.48. The maximum atomic E-state index is 13.9. The Morgan fingerprint density at radius 1 is 0.745 bits per heavy atom. The minimum atomic E-state index is -5.08. The Morgan fingerprint density at radius 2 is 1.27 bits per heavy atom. The van der Waals surface area contributed by atoms with Crippen LogP contribution in [0.3, 0.4) is 0 Å². The van der Waals surface area contributed by atoms with Crippen molar-refractivity contribution in [2.75, 3.05) is 44.6 Å². The molecule has 6 rings (SSSR count). The van der Waals surface area contributed by atoms with Crippen molar-refractivity contribution in [1.82, 2.24) is 20.0 Å². The molecule has 0 radical (unpaired) electrons. The van der Waals surface area contributed by atoms with Crippen LogP contribution in [0, 0.1) is 5.82 Å². The molecule has 0 spiro atoms. The number of piperazine rings is 1. The summed E-state index contributed by atoms with van der Waals surface area (Å²) in [5, 5.41) is 13.5. The van der Waals surface area contributed by atoms with Crippen LogP contribution in [0.2, 0.25) is 0 Å². The molecule has 4 aromatic carbocycles. The highest BCUT2D eigenvalue weighted by atomic mass is 19.4. The molecule has 2 amide bonds. The van der Waals surface area contributed by atoms with Crippen molar-refractivity contribution in [3.63, 3.8) is 0 Å². The van der Waals surface area contributed by atoms with E-state index in [4.69, 9.17) is 9.90 Å². The van der Waals surface area contributed by atoms with E-state index in [1.165, 1.54) is 28.8 Å². The van der Waals surface area contributed by atoms with E-state index in [1.807, 2.05) is 11.0 Å². The topological polar surface area (TPSA) is 88.2 Å². The zero-order valence-electron chi connectivity index (χ0n) is 28.3. The second-order valence-electron chi connectivity index (χ2n) is 12.8. The van der Waals surface area contributed by atoms with Crippen molar-refractivity contribution in [3.05, 3.63) is 126 Å². The summed E-state index contributed by atoms with van der Waals surface area (Å²) >= 11 is 0. The fourth-order valence-electron chi connectivity index (χ4n) is 6.29. The van der Waals surface area contributed by atoms with Gasteiger partial charge in [0.25, 0.3) is 0 Å². The number of hydrogen-bond acceptors (Lipinski definition) is 5. The van der Waals surface area contributed by atoms with Crippen LogP contribution in [-0.4, -0.2) is 83.3 Å². The van der Waals surface area contributed by atoms with Gasteiger partial charge in [-0.25, -0.2) is 14.0 Å². The van der Waals surface area contributed by atoms with Gasteiger partial charge in [0.15, 0.2) is 0 Å². The Labute approximate surface area is 295 Å². The lowest BCUT2D eigenvalue weighted by atomic mass is 10.00. The summed E-state index contributed by atoms with van der Waals surface area (Å²) in [4.78, 5) is 29.4. The Morgan fingerprint density at radius 3 is 1.82 bits per heavy atom. The first-order valence-corrected chi connectivity index (χ1v) is 17.0. The number of hydrogen-bond donors (Lipinski definition) is 3. The highest BCUT2D eigenvalue weighted by molar-refractivity contribution is 5.89. The molecule has 0 aliphatic carbocycles. The van der Waals surface area contributed by atoms with Crippen molar-refractivity contribution in [1.29, 1.82) is 0 Å². The third kappa shape index (κ3) is 11.6. The number of alkyl halides is 3. The van der Waals surface area contributed by atoms with E-state index in [0.717, 1.165) is 76.3 Å². The van der Waals surface area contributed by atoms with Crippen molar-refractivity contribution in [2.45, 2.75) is 44.7 Å². The number of amides is 2. The van der Waals surface area contributed by atoms with Gasteiger partial charge in [-0.05, 0) is 58.9 Å². The molecule has 0 bridgehead atoms. The van der Waals surface area contributed by atoms with Crippen LogP contribution >= 0.6 is 0 Å². The van der Waals surface area contributed by atoms with Crippen LogP contribution in [-0.2, 0) is 24.4 Å². The number of carboxylic acid groups (broad SMARTS) is 1. The minimum Gasteiger partial charge on any atom is -0.475 e. The molecule has 0 unspecified atom stereocenters. The van der Waals surface area contributed by atoms with Crippen LogP contribution in [0.15, 0.2) is 103 Å². The smallest absolute Gasteiger partial charge is 0.475 e. The van der Waals surface area contributed by atoms with E-state index in [1.54, 1.807) is 12.1 Å². The van der Waals surface area contributed by atoms with Gasteiger partial charge in [0, 0.05) is 70.6 Å². The fourth-order valence-corrected chi connectivity index (χ4v) is 6.29. The number of halogens is 4. The van der Waals surface area contributed by atoms with Gasteiger partial charge in [0.1, 0.15) is 5.82 Å². The number of anilines is 1. The SMILES string of the molecule is O=C(Nc1cccc(F)c1)N(Cc1ccc(-c2ccc(CN3CCNCC3)cc2)cc1)C1CCN(Cc2ccccc2)CC1.O=C(O)C(F)(F)F. The van der Waals surface area contributed by atoms with Crippen LogP contribution < -0.4 is 10.6 Å². The first kappa shape index (κ1) is 37.5. The zero-order chi connectivity index (χ0) is 36.2. The normalized spacial score (nSPS) is 15.8. The number of nitrogens with zero attached hydrogens (tertiary/aromatic N) is 3. The quantitative estimate of drug-likeness (QED) is 0.159. The van der Waals surface area contributed by atoms with Crippen LogP contribution in [0.1, 0.15) is 29.5 Å². The van der Waals surface area contributed by atoms with E-state index >= 15 is 0 Å². The number of rotatable bonds is 9. The zero-order valence-corrected chi connectivity index (χ0v) is 28.3. The summed E-state index contributed by atoms with van der Waals surface area (Å²) in [5.41, 5.74) is 6.53. The summed E-state index contributed by atoms with van der Waals surface area (Å²) in [6.45, 7) is 8.54. The number of likely N-dealkylation sites (tertiary alicyclic amines) is 1. The molecule has 2 saturated heterocycles. The molecule has 12 heteroatoms. The molecule has 2 heterocycles. The van der Waals surface area contributed by atoms with Gasteiger partial charge in [-0.15, -0.1) is 0 Å². The Kier molecular flexibility index (Phi) is 13.2. The predicted octanol–water partition coefficient (Wildman–Crippen LogP) is 7.23. The van der Waals surface area contributed by atoms with E-state index in [9.17, 15) is 22.4 Å². The maximum Gasteiger partial charge on any atom is 0.490 e. The lowest BCUT2D eigenvalue weighted by Gasteiger charge is -2.38. The molecule has 8 nitrogen and oxygen atoms in total. The van der Waals surface area contributed by atoms with Crippen molar-refractivity contribution in [2.24, 2.45) is 0 Å². The molecule has 0 aromatic heterocycles. The number of carbonyl (C=O) groups excluding carboxylic acids is 1. The molecular formula is C39H43F4N5O3. The highest BCUT2D eigenvalue weighted by Crippen LogP contribution is 2.25.